The molecule has 124 valence electrons. The average molecular weight is 331 g/mol. The van der Waals surface area contributed by atoms with E-state index in [1.54, 1.807) is 13.2 Å². The van der Waals surface area contributed by atoms with Crippen LogP contribution in [0.1, 0.15) is 16.1 Å². The van der Waals surface area contributed by atoms with Crippen LogP contribution < -0.4 is 4.74 Å². The third-order valence-corrected chi connectivity index (χ3v) is 4.54. The van der Waals surface area contributed by atoms with Gasteiger partial charge in [0, 0.05) is 17.4 Å². The van der Waals surface area contributed by atoms with Crippen LogP contribution >= 0.6 is 0 Å². The van der Waals surface area contributed by atoms with Crippen LogP contribution in [0.3, 0.4) is 0 Å². The summed E-state index contributed by atoms with van der Waals surface area (Å²) >= 11 is 0. The van der Waals surface area contributed by atoms with E-state index in [9.17, 15) is 9.90 Å². The number of hydrogen-bond acceptors (Lipinski definition) is 2. The molecule has 1 N–H and O–H groups in total. The molecule has 4 rings (SSSR count). The van der Waals surface area contributed by atoms with Gasteiger partial charge in [0.2, 0.25) is 0 Å². The molecule has 0 atom stereocenters. The molecular formula is C21H17NO3. The number of rotatable bonds is 4. The SMILES string of the molecule is COc1ccc2cccc(Cn3c(C(=O)O)cc4ccccc43)c2c1. The zero-order valence-electron chi connectivity index (χ0n) is 13.8. The summed E-state index contributed by atoms with van der Waals surface area (Å²) in [6.07, 6.45) is 0. The van der Waals surface area contributed by atoms with Gasteiger partial charge in [-0.25, -0.2) is 4.79 Å². The minimum atomic E-state index is -0.922. The smallest absolute Gasteiger partial charge is 0.352 e. The molecule has 4 aromatic rings. The fourth-order valence-corrected chi connectivity index (χ4v) is 3.31. The van der Waals surface area contributed by atoms with Gasteiger partial charge in [0.1, 0.15) is 11.4 Å². The third kappa shape index (κ3) is 2.62. The normalized spacial score (nSPS) is 11.1. The summed E-state index contributed by atoms with van der Waals surface area (Å²) in [7, 11) is 1.64. The van der Waals surface area contributed by atoms with Crippen LogP contribution in [0.5, 0.6) is 5.75 Å². The standard InChI is InChI=1S/C21H17NO3/c1-25-17-10-9-14-6-4-7-16(18(14)12-17)13-22-19-8-3-2-5-15(19)11-20(22)21(23)24/h2-12H,13H2,1H3,(H,23,24). The number of aromatic carboxylic acids is 1. The number of aromatic nitrogens is 1. The van der Waals surface area contributed by atoms with Gasteiger partial charge in [0.05, 0.1) is 7.11 Å². The Morgan fingerprint density at radius 3 is 2.60 bits per heavy atom. The van der Waals surface area contributed by atoms with Gasteiger partial charge in [-0.15, -0.1) is 0 Å². The molecule has 4 nitrogen and oxygen atoms in total. The quantitative estimate of drug-likeness (QED) is 0.597. The molecule has 0 bridgehead atoms. The van der Waals surface area contributed by atoms with Crippen LogP contribution in [-0.2, 0) is 6.54 Å². The van der Waals surface area contributed by atoms with E-state index in [0.29, 0.717) is 12.2 Å². The van der Waals surface area contributed by atoms with Gasteiger partial charge in [-0.3, -0.25) is 0 Å². The maximum atomic E-state index is 11.7. The van der Waals surface area contributed by atoms with Gasteiger partial charge in [-0.1, -0.05) is 42.5 Å². The predicted molar refractivity (Wildman–Crippen MR) is 98.5 cm³/mol. The minimum Gasteiger partial charge on any atom is -0.497 e. The number of nitrogens with zero attached hydrogens (tertiary/aromatic N) is 1. The van der Waals surface area contributed by atoms with Gasteiger partial charge in [0.15, 0.2) is 0 Å². The molecule has 0 saturated carbocycles. The number of methoxy groups -OCH3 is 1. The lowest BCUT2D eigenvalue weighted by atomic mass is 10.0. The Labute approximate surface area is 144 Å². The second-order valence-electron chi connectivity index (χ2n) is 5.98. The van der Waals surface area contributed by atoms with Crippen LogP contribution in [0.4, 0.5) is 0 Å². The predicted octanol–water partition coefficient (Wildman–Crippen LogP) is 4.55. The largest absolute Gasteiger partial charge is 0.497 e. The number of hydrogen-bond donors (Lipinski definition) is 1. The van der Waals surface area contributed by atoms with Gasteiger partial charge in [0.25, 0.3) is 0 Å². The molecule has 25 heavy (non-hydrogen) atoms. The van der Waals surface area contributed by atoms with E-state index in [1.165, 1.54) is 0 Å². The van der Waals surface area contributed by atoms with Gasteiger partial charge in [-0.2, -0.15) is 0 Å². The number of carboxylic acid groups (broad SMARTS) is 1. The van der Waals surface area contributed by atoms with Crippen molar-refractivity contribution in [3.05, 3.63) is 78.0 Å². The summed E-state index contributed by atoms with van der Waals surface area (Å²) in [6.45, 7) is 0.486. The lowest BCUT2D eigenvalue weighted by Crippen LogP contribution is -2.09. The summed E-state index contributed by atoms with van der Waals surface area (Å²) in [4.78, 5) is 11.7. The topological polar surface area (TPSA) is 51.5 Å². The van der Waals surface area contributed by atoms with Crippen LogP contribution in [0.25, 0.3) is 21.7 Å². The van der Waals surface area contributed by atoms with Crippen molar-refractivity contribution in [1.82, 2.24) is 4.57 Å². The van der Waals surface area contributed by atoms with E-state index in [0.717, 1.165) is 33.0 Å². The first-order valence-electron chi connectivity index (χ1n) is 8.04. The lowest BCUT2D eigenvalue weighted by Gasteiger charge is -2.12. The molecule has 0 spiro atoms. The number of benzene rings is 3. The van der Waals surface area contributed by atoms with Gasteiger partial charge < -0.3 is 14.4 Å². The maximum Gasteiger partial charge on any atom is 0.352 e. The van der Waals surface area contributed by atoms with Crippen molar-refractivity contribution in [1.29, 1.82) is 0 Å². The molecule has 0 aliphatic carbocycles. The van der Waals surface area contributed by atoms with Crippen LogP contribution in [0.15, 0.2) is 66.7 Å². The van der Waals surface area contributed by atoms with Crippen molar-refractivity contribution >= 4 is 27.6 Å². The molecule has 1 aromatic heterocycles. The summed E-state index contributed by atoms with van der Waals surface area (Å²) in [6, 6.07) is 21.5. The second kappa shape index (κ2) is 5.98. The first-order valence-corrected chi connectivity index (χ1v) is 8.04. The van der Waals surface area contributed by atoms with Crippen molar-refractivity contribution in [3.63, 3.8) is 0 Å². The van der Waals surface area contributed by atoms with Crippen molar-refractivity contribution in [2.24, 2.45) is 0 Å². The molecule has 0 aliphatic rings. The Bertz CT molecular complexity index is 1090. The highest BCUT2D eigenvalue weighted by Gasteiger charge is 2.15. The van der Waals surface area contributed by atoms with Crippen molar-refractivity contribution < 1.29 is 14.6 Å². The molecule has 0 aliphatic heterocycles. The molecule has 3 aromatic carbocycles. The van der Waals surface area contributed by atoms with Crippen molar-refractivity contribution in [3.8, 4) is 5.75 Å². The monoisotopic (exact) mass is 331 g/mol. The number of fused-ring (bicyclic) bond motifs is 2. The first-order chi connectivity index (χ1) is 12.2. The zero-order valence-corrected chi connectivity index (χ0v) is 13.8. The van der Waals surface area contributed by atoms with E-state index in [4.69, 9.17) is 4.74 Å². The fraction of sp³-hybridized carbons (Fsp3) is 0.0952. The fourth-order valence-electron chi connectivity index (χ4n) is 3.31. The Hall–Kier alpha value is -3.27. The molecule has 0 fully saturated rings. The summed E-state index contributed by atoms with van der Waals surface area (Å²) in [5.74, 6) is -0.134. The maximum absolute atomic E-state index is 11.7. The number of para-hydroxylation sites is 1. The Kier molecular flexibility index (Phi) is 3.65. The summed E-state index contributed by atoms with van der Waals surface area (Å²) in [5, 5.41) is 12.7. The van der Waals surface area contributed by atoms with E-state index in [-0.39, 0.29) is 0 Å². The molecule has 0 radical (unpaired) electrons. The molecule has 0 amide bonds. The second-order valence-corrected chi connectivity index (χ2v) is 5.98. The van der Waals surface area contributed by atoms with E-state index >= 15 is 0 Å². The Morgan fingerprint density at radius 2 is 1.80 bits per heavy atom. The van der Waals surface area contributed by atoms with Crippen LogP contribution in [0.2, 0.25) is 0 Å². The van der Waals surface area contributed by atoms with Crippen molar-refractivity contribution in [2.45, 2.75) is 6.54 Å². The van der Waals surface area contributed by atoms with Crippen LogP contribution in [-0.4, -0.2) is 22.8 Å². The zero-order chi connectivity index (χ0) is 17.4. The van der Waals surface area contributed by atoms with E-state index < -0.39 is 5.97 Å². The van der Waals surface area contributed by atoms with Gasteiger partial charge >= 0.3 is 5.97 Å². The number of ether oxygens (including phenoxy) is 1. The van der Waals surface area contributed by atoms with E-state index in [1.807, 2.05) is 65.2 Å². The summed E-state index contributed by atoms with van der Waals surface area (Å²) in [5.41, 5.74) is 2.26. The lowest BCUT2D eigenvalue weighted by molar-refractivity contribution is 0.0686. The average Bonchev–Trinajstić information content (AvgIpc) is 3.01. The Morgan fingerprint density at radius 1 is 1.00 bits per heavy atom. The highest BCUT2D eigenvalue weighted by Crippen LogP contribution is 2.27. The number of carboxylic acids is 1. The highest BCUT2D eigenvalue weighted by molar-refractivity contribution is 5.95. The minimum absolute atomic E-state index is 0.293. The summed E-state index contributed by atoms with van der Waals surface area (Å²) < 4.78 is 7.20. The molecular weight excluding hydrogens is 314 g/mol. The number of carbonyl (C=O) groups is 1. The third-order valence-electron chi connectivity index (χ3n) is 4.54. The first kappa shape index (κ1) is 15.3. The van der Waals surface area contributed by atoms with Crippen LogP contribution in [0, 0.1) is 0 Å². The van der Waals surface area contributed by atoms with Gasteiger partial charge in [-0.05, 0) is 40.6 Å². The molecule has 1 heterocycles. The highest BCUT2D eigenvalue weighted by atomic mass is 16.5. The van der Waals surface area contributed by atoms with Crippen molar-refractivity contribution in [2.75, 3.05) is 7.11 Å². The van der Waals surface area contributed by atoms with E-state index in [2.05, 4.69) is 0 Å². The Balaban J connectivity index is 1.91. The molecule has 0 saturated heterocycles. The molecule has 0 unspecified atom stereocenters. The molecule has 4 heteroatoms.